The van der Waals surface area contributed by atoms with Crippen molar-refractivity contribution in [3.63, 3.8) is 0 Å². The Hall–Kier alpha value is -0.0600. The molecule has 0 aromatic rings. The predicted octanol–water partition coefficient (Wildman–Crippen LogP) is -1.91. The summed E-state index contributed by atoms with van der Waals surface area (Å²) in [6.45, 7) is 2.73. The van der Waals surface area contributed by atoms with E-state index in [9.17, 15) is 14.7 Å². The Morgan fingerprint density at radius 2 is 1.89 bits per heavy atom. The number of hydrogen-bond acceptors (Lipinski definition) is 3. The van der Waals surface area contributed by atoms with Gasteiger partial charge in [-0.15, -0.1) is 0 Å². The number of carbonyl (C=O) groups excluding carboxylic acids is 2. The Morgan fingerprint density at radius 3 is 2.50 bits per heavy atom. The van der Waals surface area contributed by atoms with Crippen molar-refractivity contribution in [3.8, 4) is 0 Å². The van der Waals surface area contributed by atoms with Gasteiger partial charge in [-0.2, -0.15) is 0 Å². The standard InChI is InChI=1S/C13H23NO3.Na/c1-2-3-4-5-6-9-12(15)14-10-7-8-11(14)13(16)17;/h11H,2-10H2,1H3,(H,16,17);/q;+1/p-1/t11-;/m0./s1. The summed E-state index contributed by atoms with van der Waals surface area (Å²) in [5.41, 5.74) is 0. The van der Waals surface area contributed by atoms with Crippen molar-refractivity contribution in [3.05, 3.63) is 0 Å². The van der Waals surface area contributed by atoms with Gasteiger partial charge in [-0.3, -0.25) is 4.79 Å². The third kappa shape index (κ3) is 5.72. The third-order valence-corrected chi connectivity index (χ3v) is 3.34. The number of unbranched alkanes of at least 4 members (excludes halogenated alkanes) is 4. The summed E-state index contributed by atoms with van der Waals surface area (Å²) < 4.78 is 0. The van der Waals surface area contributed by atoms with Gasteiger partial charge in [0.1, 0.15) is 0 Å². The fraction of sp³-hybridized carbons (Fsp3) is 0.846. The molecule has 1 aliphatic heterocycles. The second-order valence-corrected chi connectivity index (χ2v) is 4.73. The molecule has 1 rings (SSSR count). The molecule has 1 saturated heterocycles. The first-order chi connectivity index (χ1) is 8.16. The molecule has 0 aromatic heterocycles. The van der Waals surface area contributed by atoms with Gasteiger partial charge >= 0.3 is 29.6 Å². The molecule has 1 aliphatic rings. The van der Waals surface area contributed by atoms with E-state index < -0.39 is 12.0 Å². The quantitative estimate of drug-likeness (QED) is 0.398. The number of carbonyl (C=O) groups is 2. The maximum Gasteiger partial charge on any atom is 1.00 e. The smallest absolute Gasteiger partial charge is 0.548 e. The summed E-state index contributed by atoms with van der Waals surface area (Å²) in [4.78, 5) is 24.1. The van der Waals surface area contributed by atoms with E-state index in [0.717, 1.165) is 25.7 Å². The van der Waals surface area contributed by atoms with Crippen molar-refractivity contribution in [2.45, 2.75) is 64.3 Å². The van der Waals surface area contributed by atoms with Gasteiger partial charge in [-0.05, 0) is 19.3 Å². The van der Waals surface area contributed by atoms with E-state index in [-0.39, 0.29) is 35.5 Å². The van der Waals surface area contributed by atoms with Crippen LogP contribution in [0.4, 0.5) is 0 Å². The molecule has 4 nitrogen and oxygen atoms in total. The van der Waals surface area contributed by atoms with Crippen LogP contribution in [-0.2, 0) is 9.59 Å². The monoisotopic (exact) mass is 263 g/mol. The van der Waals surface area contributed by atoms with Crippen molar-refractivity contribution < 1.29 is 44.3 Å². The first-order valence-corrected chi connectivity index (χ1v) is 6.67. The number of likely N-dealkylation sites (tertiary alicyclic amines) is 1. The second kappa shape index (κ2) is 9.82. The number of hydrogen-bond donors (Lipinski definition) is 0. The van der Waals surface area contributed by atoms with Gasteiger partial charge in [0, 0.05) is 13.0 Å². The summed E-state index contributed by atoms with van der Waals surface area (Å²) in [5.74, 6) is -1.13. The molecule has 18 heavy (non-hydrogen) atoms. The summed E-state index contributed by atoms with van der Waals surface area (Å²) >= 11 is 0. The minimum Gasteiger partial charge on any atom is -0.548 e. The van der Waals surface area contributed by atoms with Crippen molar-refractivity contribution in [2.24, 2.45) is 0 Å². The zero-order valence-corrected chi connectivity index (χ0v) is 13.6. The molecule has 0 saturated carbocycles. The number of carboxylic acids is 1. The number of carboxylic acid groups (broad SMARTS) is 1. The topological polar surface area (TPSA) is 60.4 Å². The molecular formula is C13H22NNaO3. The Balaban J connectivity index is 0.00000289. The van der Waals surface area contributed by atoms with E-state index in [2.05, 4.69) is 6.92 Å². The zero-order chi connectivity index (χ0) is 12.7. The fourth-order valence-corrected chi connectivity index (χ4v) is 2.33. The molecule has 0 radical (unpaired) electrons. The molecule has 1 amide bonds. The zero-order valence-electron chi connectivity index (χ0n) is 11.6. The summed E-state index contributed by atoms with van der Waals surface area (Å²) in [7, 11) is 0. The van der Waals surface area contributed by atoms with Crippen LogP contribution in [0.1, 0.15) is 58.3 Å². The van der Waals surface area contributed by atoms with Crippen LogP contribution >= 0.6 is 0 Å². The largest absolute Gasteiger partial charge is 1.00 e. The molecule has 0 N–H and O–H groups in total. The average molecular weight is 263 g/mol. The Morgan fingerprint density at radius 1 is 1.22 bits per heavy atom. The van der Waals surface area contributed by atoms with Crippen LogP contribution in [0.25, 0.3) is 0 Å². The molecule has 5 heteroatoms. The molecule has 98 valence electrons. The van der Waals surface area contributed by atoms with Gasteiger partial charge < -0.3 is 14.8 Å². The first-order valence-electron chi connectivity index (χ1n) is 6.67. The predicted molar refractivity (Wildman–Crippen MR) is 63.1 cm³/mol. The second-order valence-electron chi connectivity index (χ2n) is 4.73. The van der Waals surface area contributed by atoms with Gasteiger partial charge in [-0.25, -0.2) is 0 Å². The van der Waals surface area contributed by atoms with E-state index in [1.807, 2.05) is 0 Å². The van der Waals surface area contributed by atoms with E-state index >= 15 is 0 Å². The Labute approximate surface area is 131 Å². The van der Waals surface area contributed by atoms with E-state index in [1.54, 1.807) is 0 Å². The minimum absolute atomic E-state index is 0. The number of amides is 1. The molecule has 1 fully saturated rings. The number of aliphatic carboxylic acids is 1. The number of nitrogens with zero attached hydrogens (tertiary/aromatic N) is 1. The average Bonchev–Trinajstić information content (AvgIpc) is 2.77. The van der Waals surface area contributed by atoms with Crippen LogP contribution in [0.2, 0.25) is 0 Å². The minimum atomic E-state index is -1.11. The molecule has 1 atom stereocenters. The molecule has 0 bridgehead atoms. The maximum absolute atomic E-state index is 11.8. The molecule has 1 heterocycles. The van der Waals surface area contributed by atoms with Crippen LogP contribution < -0.4 is 34.7 Å². The van der Waals surface area contributed by atoms with Crippen molar-refractivity contribution >= 4 is 11.9 Å². The van der Waals surface area contributed by atoms with E-state index in [4.69, 9.17) is 0 Å². The summed E-state index contributed by atoms with van der Waals surface area (Å²) in [6, 6.07) is -0.682. The molecule has 0 unspecified atom stereocenters. The van der Waals surface area contributed by atoms with Gasteiger partial charge in [0.25, 0.3) is 0 Å². The van der Waals surface area contributed by atoms with Crippen LogP contribution in [0, 0.1) is 0 Å². The maximum atomic E-state index is 11.8. The van der Waals surface area contributed by atoms with Gasteiger partial charge in [0.2, 0.25) is 5.91 Å². The van der Waals surface area contributed by atoms with Crippen LogP contribution in [0.15, 0.2) is 0 Å². The third-order valence-electron chi connectivity index (χ3n) is 3.34. The van der Waals surface area contributed by atoms with Crippen LogP contribution in [0.3, 0.4) is 0 Å². The molecule has 0 aromatic carbocycles. The van der Waals surface area contributed by atoms with Gasteiger partial charge in [0.05, 0.1) is 12.0 Å². The fourth-order valence-electron chi connectivity index (χ4n) is 2.33. The Bertz CT molecular complexity index is 271. The Kier molecular flexibility index (Phi) is 9.78. The van der Waals surface area contributed by atoms with Gasteiger partial charge in [-0.1, -0.05) is 32.6 Å². The van der Waals surface area contributed by atoms with Crippen LogP contribution in [-0.4, -0.2) is 29.4 Å². The summed E-state index contributed by atoms with van der Waals surface area (Å²) in [5, 5.41) is 10.8. The normalized spacial score (nSPS) is 18.5. The summed E-state index contributed by atoms with van der Waals surface area (Å²) in [6.07, 6.45) is 7.29. The first kappa shape index (κ1) is 17.9. The number of rotatable bonds is 7. The molecule has 0 aliphatic carbocycles. The van der Waals surface area contributed by atoms with Crippen molar-refractivity contribution in [1.82, 2.24) is 4.90 Å². The van der Waals surface area contributed by atoms with E-state index in [0.29, 0.717) is 19.4 Å². The van der Waals surface area contributed by atoms with Crippen molar-refractivity contribution in [1.29, 1.82) is 0 Å². The van der Waals surface area contributed by atoms with Gasteiger partial charge in [0.15, 0.2) is 0 Å². The molecule has 0 spiro atoms. The van der Waals surface area contributed by atoms with Crippen LogP contribution in [0.5, 0.6) is 0 Å². The molecular weight excluding hydrogens is 241 g/mol. The SMILES string of the molecule is CCCCCCCC(=O)N1CCC[C@H]1C(=O)[O-].[Na+]. The van der Waals surface area contributed by atoms with Crippen molar-refractivity contribution in [2.75, 3.05) is 6.54 Å². The van der Waals surface area contributed by atoms with E-state index in [1.165, 1.54) is 17.7 Å².